The van der Waals surface area contributed by atoms with Crippen molar-refractivity contribution in [2.45, 2.75) is 0 Å². The molecule has 8 nitrogen and oxygen atoms in total. The summed E-state index contributed by atoms with van der Waals surface area (Å²) >= 11 is 5.88. The van der Waals surface area contributed by atoms with Gasteiger partial charge >= 0.3 is 5.97 Å². The van der Waals surface area contributed by atoms with Gasteiger partial charge < -0.3 is 14.5 Å². The summed E-state index contributed by atoms with van der Waals surface area (Å²) in [5.41, 5.74) is 6.27. The maximum atomic E-state index is 13.2. The summed E-state index contributed by atoms with van der Waals surface area (Å²) in [5.74, 6) is -0.502. The molecular weight excluding hydrogens is 528 g/mol. The lowest BCUT2D eigenvalue weighted by molar-refractivity contribution is 0.0729. The maximum Gasteiger partial charge on any atom is 0.343 e. The summed E-state index contributed by atoms with van der Waals surface area (Å²) in [6, 6.07) is 28.2. The van der Waals surface area contributed by atoms with Gasteiger partial charge in [0.2, 0.25) is 0 Å². The minimum Gasteiger partial charge on any atom is -0.493 e. The van der Waals surface area contributed by atoms with E-state index in [0.717, 1.165) is 10.9 Å². The highest BCUT2D eigenvalue weighted by Crippen LogP contribution is 2.34. The summed E-state index contributed by atoms with van der Waals surface area (Å²) < 4.78 is 10.9. The number of H-pyrrole nitrogens is 1. The van der Waals surface area contributed by atoms with Crippen molar-refractivity contribution in [3.63, 3.8) is 0 Å². The number of hydrogen-bond donors (Lipinski definition) is 2. The summed E-state index contributed by atoms with van der Waals surface area (Å²) in [7, 11) is 1.45. The third kappa shape index (κ3) is 5.41. The number of nitrogens with one attached hydrogen (secondary N) is 2. The first kappa shape index (κ1) is 26.2. The van der Waals surface area contributed by atoms with Crippen molar-refractivity contribution < 1.29 is 19.1 Å². The van der Waals surface area contributed by atoms with E-state index in [1.807, 2.05) is 36.4 Å². The Morgan fingerprint density at radius 2 is 1.75 bits per heavy atom. The molecule has 40 heavy (non-hydrogen) atoms. The highest BCUT2D eigenvalue weighted by Gasteiger charge is 2.20. The van der Waals surface area contributed by atoms with E-state index in [4.69, 9.17) is 21.1 Å². The van der Waals surface area contributed by atoms with Crippen LogP contribution in [-0.4, -0.2) is 30.2 Å². The van der Waals surface area contributed by atoms with Gasteiger partial charge in [-0.05, 0) is 59.7 Å². The number of para-hydroxylation sites is 1. The van der Waals surface area contributed by atoms with E-state index in [9.17, 15) is 14.9 Å². The Morgan fingerprint density at radius 3 is 2.48 bits per heavy atom. The smallest absolute Gasteiger partial charge is 0.343 e. The molecule has 1 aromatic heterocycles. The Kier molecular flexibility index (Phi) is 7.58. The lowest BCUT2D eigenvalue weighted by Gasteiger charge is -2.10. The molecule has 196 valence electrons. The van der Waals surface area contributed by atoms with Crippen molar-refractivity contribution in [1.29, 1.82) is 5.26 Å². The molecular formula is C31H21ClN4O4. The van der Waals surface area contributed by atoms with Gasteiger partial charge in [0.15, 0.2) is 11.5 Å². The fraction of sp³-hybridized carbons (Fsp3) is 0.0323. The Balaban J connectivity index is 1.36. The fourth-order valence-electron chi connectivity index (χ4n) is 4.20. The fourth-order valence-corrected chi connectivity index (χ4v) is 4.33. The number of hydrazone groups is 1. The Bertz CT molecular complexity index is 1790. The number of nitrogens with zero attached hydrogens (tertiary/aromatic N) is 2. The molecule has 0 fully saturated rings. The van der Waals surface area contributed by atoms with Gasteiger partial charge in [0, 0.05) is 16.0 Å². The number of aromatic amines is 1. The van der Waals surface area contributed by atoms with E-state index >= 15 is 0 Å². The quantitative estimate of drug-likeness (QED) is 0.106. The van der Waals surface area contributed by atoms with Gasteiger partial charge in [-0.25, -0.2) is 10.2 Å². The SMILES string of the molecule is COc1cc(C=NNC(=O)c2[nH]c3c(C#N)cccc3c2-c2ccccc2)ccc1OC(=O)c1ccc(Cl)cc1. The number of carbonyl (C=O) groups is 2. The number of rotatable bonds is 7. The van der Waals surface area contributed by atoms with Crippen LogP contribution in [0.25, 0.3) is 22.0 Å². The number of halogens is 1. The minimum absolute atomic E-state index is 0.225. The Hall–Kier alpha value is -5.39. The summed E-state index contributed by atoms with van der Waals surface area (Å²) in [6.07, 6.45) is 1.44. The summed E-state index contributed by atoms with van der Waals surface area (Å²) in [5, 5.41) is 14.9. The number of amides is 1. The molecule has 0 aliphatic carbocycles. The van der Waals surface area contributed by atoms with Gasteiger partial charge in [0.05, 0.1) is 30.0 Å². The van der Waals surface area contributed by atoms with E-state index in [1.54, 1.807) is 54.6 Å². The van der Waals surface area contributed by atoms with Crippen LogP contribution in [0.5, 0.6) is 11.5 Å². The van der Waals surface area contributed by atoms with Gasteiger partial charge in [-0.15, -0.1) is 0 Å². The molecule has 5 rings (SSSR count). The van der Waals surface area contributed by atoms with Crippen LogP contribution in [0.4, 0.5) is 0 Å². The van der Waals surface area contributed by atoms with Gasteiger partial charge in [-0.1, -0.05) is 54.1 Å². The van der Waals surface area contributed by atoms with Crippen molar-refractivity contribution in [1.82, 2.24) is 10.4 Å². The van der Waals surface area contributed by atoms with Crippen molar-refractivity contribution in [3.05, 3.63) is 118 Å². The first-order valence-corrected chi connectivity index (χ1v) is 12.5. The molecule has 0 spiro atoms. The Labute approximate surface area is 234 Å². The molecule has 1 amide bonds. The van der Waals surface area contributed by atoms with Crippen LogP contribution in [-0.2, 0) is 0 Å². The first-order valence-electron chi connectivity index (χ1n) is 12.1. The topological polar surface area (TPSA) is 117 Å². The molecule has 0 saturated heterocycles. The second-order valence-electron chi connectivity index (χ2n) is 8.59. The average molecular weight is 549 g/mol. The van der Waals surface area contributed by atoms with E-state index in [1.165, 1.54) is 13.3 Å². The highest BCUT2D eigenvalue weighted by molar-refractivity contribution is 6.30. The first-order chi connectivity index (χ1) is 19.5. The Morgan fingerprint density at radius 1 is 0.975 bits per heavy atom. The molecule has 2 N–H and O–H groups in total. The zero-order valence-corrected chi connectivity index (χ0v) is 21.9. The van der Waals surface area contributed by atoms with Gasteiger partial charge in [-0.3, -0.25) is 4.79 Å². The van der Waals surface area contributed by atoms with E-state index in [0.29, 0.717) is 38.5 Å². The van der Waals surface area contributed by atoms with Gasteiger partial charge in [0.25, 0.3) is 5.91 Å². The second-order valence-corrected chi connectivity index (χ2v) is 9.02. The second kappa shape index (κ2) is 11.6. The van der Waals surface area contributed by atoms with Crippen molar-refractivity contribution >= 4 is 40.6 Å². The molecule has 0 saturated carbocycles. The number of benzene rings is 4. The minimum atomic E-state index is -0.559. The number of methoxy groups -OCH3 is 1. The highest BCUT2D eigenvalue weighted by atomic mass is 35.5. The number of nitriles is 1. The van der Waals surface area contributed by atoms with Crippen LogP contribution in [0.15, 0.2) is 96.1 Å². The van der Waals surface area contributed by atoms with Crippen LogP contribution < -0.4 is 14.9 Å². The van der Waals surface area contributed by atoms with Gasteiger partial charge in [-0.2, -0.15) is 10.4 Å². The third-order valence-corrected chi connectivity index (χ3v) is 6.35. The predicted molar refractivity (Wildman–Crippen MR) is 153 cm³/mol. The molecule has 0 unspecified atom stereocenters. The third-order valence-electron chi connectivity index (χ3n) is 6.09. The van der Waals surface area contributed by atoms with E-state index < -0.39 is 11.9 Å². The molecule has 9 heteroatoms. The van der Waals surface area contributed by atoms with Crippen LogP contribution in [0.1, 0.15) is 32.0 Å². The average Bonchev–Trinajstić information content (AvgIpc) is 3.38. The molecule has 0 aliphatic heterocycles. The molecule has 4 aromatic carbocycles. The lowest BCUT2D eigenvalue weighted by Crippen LogP contribution is -2.18. The molecule has 1 heterocycles. The van der Waals surface area contributed by atoms with Gasteiger partial charge in [0.1, 0.15) is 11.8 Å². The number of carbonyl (C=O) groups excluding carboxylic acids is 2. The molecule has 0 radical (unpaired) electrons. The zero-order chi connectivity index (χ0) is 28.1. The van der Waals surface area contributed by atoms with E-state index in [-0.39, 0.29) is 11.4 Å². The number of esters is 1. The van der Waals surface area contributed by atoms with Crippen LogP contribution in [0.2, 0.25) is 5.02 Å². The largest absolute Gasteiger partial charge is 0.493 e. The molecule has 0 aliphatic rings. The summed E-state index contributed by atoms with van der Waals surface area (Å²) in [4.78, 5) is 28.8. The van der Waals surface area contributed by atoms with Crippen LogP contribution >= 0.6 is 11.6 Å². The standard InChI is InChI=1S/C31H21ClN4O4/c1-39-26-16-19(10-15-25(26)40-31(38)21-11-13-23(32)14-12-21)18-34-36-30(37)29-27(20-6-3-2-4-7-20)24-9-5-8-22(17-33)28(24)35-29/h2-16,18,35H,1H3,(H,36,37). The molecule has 0 bridgehead atoms. The molecule has 5 aromatic rings. The van der Waals surface area contributed by atoms with Crippen molar-refractivity contribution in [2.75, 3.05) is 7.11 Å². The lowest BCUT2D eigenvalue weighted by atomic mass is 10.0. The summed E-state index contributed by atoms with van der Waals surface area (Å²) in [6.45, 7) is 0. The van der Waals surface area contributed by atoms with Crippen LogP contribution in [0.3, 0.4) is 0 Å². The monoisotopic (exact) mass is 548 g/mol. The zero-order valence-electron chi connectivity index (χ0n) is 21.1. The predicted octanol–water partition coefficient (Wildman–Crippen LogP) is 6.35. The number of aromatic nitrogens is 1. The van der Waals surface area contributed by atoms with Crippen LogP contribution in [0, 0.1) is 11.3 Å². The normalized spacial score (nSPS) is 10.8. The molecule has 0 atom stereocenters. The number of hydrogen-bond acceptors (Lipinski definition) is 6. The number of fused-ring (bicyclic) bond motifs is 1. The van der Waals surface area contributed by atoms with Crippen molar-refractivity contribution in [2.24, 2.45) is 5.10 Å². The van der Waals surface area contributed by atoms with E-state index in [2.05, 4.69) is 21.6 Å². The maximum absolute atomic E-state index is 13.2. The van der Waals surface area contributed by atoms with Crippen molar-refractivity contribution in [3.8, 4) is 28.7 Å². The number of ether oxygens (including phenoxy) is 2.